The average molecular weight is 261 g/mol. The molecular weight excluding hydrogens is 234 g/mol. The SMILES string of the molecule is CCC(C)c1ccc(CN2CCN(CC)CC2)cn1. The first kappa shape index (κ1) is 14.5. The molecule has 1 atom stereocenters. The molecule has 1 aromatic rings. The van der Waals surface area contributed by atoms with Crippen LogP contribution in [0.25, 0.3) is 0 Å². The van der Waals surface area contributed by atoms with Crippen molar-refractivity contribution in [3.05, 3.63) is 29.6 Å². The number of aromatic nitrogens is 1. The summed E-state index contributed by atoms with van der Waals surface area (Å²) < 4.78 is 0. The summed E-state index contributed by atoms with van der Waals surface area (Å²) in [5.74, 6) is 0.571. The number of hydrogen-bond donors (Lipinski definition) is 0. The Morgan fingerprint density at radius 2 is 1.79 bits per heavy atom. The van der Waals surface area contributed by atoms with Gasteiger partial charge >= 0.3 is 0 Å². The Morgan fingerprint density at radius 3 is 2.32 bits per heavy atom. The van der Waals surface area contributed by atoms with Gasteiger partial charge in [0.2, 0.25) is 0 Å². The van der Waals surface area contributed by atoms with Crippen LogP contribution in [0.1, 0.15) is 44.4 Å². The molecule has 1 aliphatic heterocycles. The summed E-state index contributed by atoms with van der Waals surface area (Å²) in [6.45, 7) is 13.7. The maximum atomic E-state index is 4.61. The fourth-order valence-corrected chi connectivity index (χ4v) is 2.55. The topological polar surface area (TPSA) is 19.4 Å². The second-order valence-corrected chi connectivity index (χ2v) is 5.61. The van der Waals surface area contributed by atoms with Crippen LogP contribution in [0.15, 0.2) is 18.3 Å². The minimum atomic E-state index is 0.571. The molecule has 0 saturated carbocycles. The molecule has 0 amide bonds. The Kier molecular flexibility index (Phi) is 5.34. The predicted molar refractivity (Wildman–Crippen MR) is 80.3 cm³/mol. The van der Waals surface area contributed by atoms with Crippen molar-refractivity contribution in [2.45, 2.75) is 39.7 Å². The zero-order valence-electron chi connectivity index (χ0n) is 12.6. The molecule has 106 valence electrons. The quantitative estimate of drug-likeness (QED) is 0.812. The van der Waals surface area contributed by atoms with Crippen LogP contribution in [-0.4, -0.2) is 47.5 Å². The third kappa shape index (κ3) is 4.02. The lowest BCUT2D eigenvalue weighted by Crippen LogP contribution is -2.45. The maximum Gasteiger partial charge on any atom is 0.0431 e. The summed E-state index contributed by atoms with van der Waals surface area (Å²) in [5.41, 5.74) is 2.57. The smallest absolute Gasteiger partial charge is 0.0431 e. The highest BCUT2D eigenvalue weighted by atomic mass is 15.3. The first-order valence-corrected chi connectivity index (χ1v) is 7.62. The van der Waals surface area contributed by atoms with Gasteiger partial charge in [0.05, 0.1) is 0 Å². The van der Waals surface area contributed by atoms with Crippen LogP contribution in [0, 0.1) is 0 Å². The Bertz CT molecular complexity index is 366. The molecule has 1 aromatic heterocycles. The van der Waals surface area contributed by atoms with E-state index >= 15 is 0 Å². The molecule has 1 fully saturated rings. The van der Waals surface area contributed by atoms with E-state index in [1.807, 2.05) is 0 Å². The molecule has 1 saturated heterocycles. The number of hydrogen-bond acceptors (Lipinski definition) is 3. The largest absolute Gasteiger partial charge is 0.301 e. The summed E-state index contributed by atoms with van der Waals surface area (Å²) in [6, 6.07) is 4.45. The van der Waals surface area contributed by atoms with Crippen molar-refractivity contribution in [2.75, 3.05) is 32.7 Å². The fourth-order valence-electron chi connectivity index (χ4n) is 2.55. The third-order valence-corrected chi connectivity index (χ3v) is 4.28. The van der Waals surface area contributed by atoms with Crippen molar-refractivity contribution in [2.24, 2.45) is 0 Å². The first-order valence-electron chi connectivity index (χ1n) is 7.62. The second-order valence-electron chi connectivity index (χ2n) is 5.61. The van der Waals surface area contributed by atoms with Gasteiger partial charge in [-0.15, -0.1) is 0 Å². The van der Waals surface area contributed by atoms with Gasteiger partial charge in [-0.05, 0) is 30.5 Å². The van der Waals surface area contributed by atoms with E-state index < -0.39 is 0 Å². The van der Waals surface area contributed by atoms with Gasteiger partial charge in [-0.2, -0.15) is 0 Å². The lowest BCUT2D eigenvalue weighted by atomic mass is 10.0. The molecule has 0 N–H and O–H groups in total. The van der Waals surface area contributed by atoms with Crippen LogP contribution in [-0.2, 0) is 6.54 Å². The zero-order valence-corrected chi connectivity index (χ0v) is 12.6. The molecule has 1 unspecified atom stereocenters. The van der Waals surface area contributed by atoms with E-state index in [1.54, 1.807) is 0 Å². The summed E-state index contributed by atoms with van der Waals surface area (Å²) in [4.78, 5) is 9.66. The Balaban J connectivity index is 1.86. The summed E-state index contributed by atoms with van der Waals surface area (Å²) in [7, 11) is 0. The minimum absolute atomic E-state index is 0.571. The second kappa shape index (κ2) is 7.01. The van der Waals surface area contributed by atoms with E-state index in [4.69, 9.17) is 0 Å². The van der Waals surface area contributed by atoms with E-state index in [0.29, 0.717) is 5.92 Å². The predicted octanol–water partition coefficient (Wildman–Crippen LogP) is 2.73. The van der Waals surface area contributed by atoms with Gasteiger partial charge in [-0.3, -0.25) is 9.88 Å². The van der Waals surface area contributed by atoms with Gasteiger partial charge in [0.1, 0.15) is 0 Å². The van der Waals surface area contributed by atoms with Crippen molar-refractivity contribution in [3.63, 3.8) is 0 Å². The normalized spacial score (nSPS) is 19.5. The van der Waals surface area contributed by atoms with Gasteiger partial charge < -0.3 is 4.90 Å². The van der Waals surface area contributed by atoms with Gasteiger partial charge in [0.25, 0.3) is 0 Å². The zero-order chi connectivity index (χ0) is 13.7. The van der Waals surface area contributed by atoms with Crippen LogP contribution in [0.5, 0.6) is 0 Å². The Labute approximate surface area is 117 Å². The van der Waals surface area contributed by atoms with Crippen LogP contribution in [0.2, 0.25) is 0 Å². The van der Waals surface area contributed by atoms with Gasteiger partial charge in [-0.25, -0.2) is 0 Å². The summed E-state index contributed by atoms with van der Waals surface area (Å²) >= 11 is 0. The molecule has 0 bridgehead atoms. The van der Waals surface area contributed by atoms with E-state index in [-0.39, 0.29) is 0 Å². The molecule has 0 radical (unpaired) electrons. The third-order valence-electron chi connectivity index (χ3n) is 4.28. The molecule has 0 aromatic carbocycles. The van der Waals surface area contributed by atoms with Crippen LogP contribution in [0.3, 0.4) is 0 Å². The van der Waals surface area contributed by atoms with Crippen molar-refractivity contribution in [1.29, 1.82) is 0 Å². The molecule has 0 spiro atoms. The summed E-state index contributed by atoms with van der Waals surface area (Å²) in [5, 5.41) is 0. The Hall–Kier alpha value is -0.930. The van der Waals surface area contributed by atoms with Crippen LogP contribution in [0.4, 0.5) is 0 Å². The molecule has 19 heavy (non-hydrogen) atoms. The fraction of sp³-hybridized carbons (Fsp3) is 0.688. The van der Waals surface area contributed by atoms with Crippen LogP contribution >= 0.6 is 0 Å². The molecule has 3 nitrogen and oxygen atoms in total. The highest BCUT2D eigenvalue weighted by Crippen LogP contribution is 2.16. The van der Waals surface area contributed by atoms with Crippen molar-refractivity contribution >= 4 is 0 Å². The molecule has 2 heterocycles. The van der Waals surface area contributed by atoms with Crippen molar-refractivity contribution in [1.82, 2.24) is 14.8 Å². The molecule has 2 rings (SSSR count). The van der Waals surface area contributed by atoms with Crippen molar-refractivity contribution < 1.29 is 0 Å². The van der Waals surface area contributed by atoms with E-state index in [9.17, 15) is 0 Å². The standard InChI is InChI=1S/C16H27N3/c1-4-14(3)16-7-6-15(12-17-16)13-19-10-8-18(5-2)9-11-19/h6-7,12,14H,4-5,8-11,13H2,1-3H3. The number of pyridine rings is 1. The van der Waals surface area contributed by atoms with Crippen LogP contribution < -0.4 is 0 Å². The molecular formula is C16H27N3. The number of piperazine rings is 1. The number of rotatable bonds is 5. The van der Waals surface area contributed by atoms with E-state index in [2.05, 4.69) is 53.9 Å². The van der Waals surface area contributed by atoms with Gasteiger partial charge in [0.15, 0.2) is 0 Å². The van der Waals surface area contributed by atoms with Gasteiger partial charge in [-0.1, -0.05) is 26.8 Å². The highest BCUT2D eigenvalue weighted by molar-refractivity contribution is 5.16. The van der Waals surface area contributed by atoms with E-state index in [1.165, 1.54) is 44.0 Å². The lowest BCUT2D eigenvalue weighted by molar-refractivity contribution is 0.132. The molecule has 1 aliphatic rings. The average Bonchev–Trinajstić information content (AvgIpc) is 2.48. The number of nitrogens with zero attached hydrogens (tertiary/aromatic N) is 3. The lowest BCUT2D eigenvalue weighted by Gasteiger charge is -2.33. The first-order chi connectivity index (χ1) is 9.22. The molecule has 0 aliphatic carbocycles. The Morgan fingerprint density at radius 1 is 1.11 bits per heavy atom. The summed E-state index contributed by atoms with van der Waals surface area (Å²) in [6.07, 6.45) is 3.22. The van der Waals surface area contributed by atoms with Crippen molar-refractivity contribution in [3.8, 4) is 0 Å². The number of likely N-dealkylation sites (N-methyl/N-ethyl adjacent to an activating group) is 1. The highest BCUT2D eigenvalue weighted by Gasteiger charge is 2.15. The monoisotopic (exact) mass is 261 g/mol. The molecule has 3 heteroatoms. The van der Waals surface area contributed by atoms with Gasteiger partial charge in [0, 0.05) is 44.6 Å². The maximum absolute atomic E-state index is 4.61. The van der Waals surface area contributed by atoms with E-state index in [0.717, 1.165) is 13.0 Å². The minimum Gasteiger partial charge on any atom is -0.301 e.